The summed E-state index contributed by atoms with van der Waals surface area (Å²) in [5.41, 5.74) is 1.01. The average Bonchev–Trinajstić information content (AvgIpc) is 3.01. The van der Waals surface area contributed by atoms with E-state index in [1.54, 1.807) is 18.2 Å². The molecule has 7 nitrogen and oxygen atoms in total. The molecule has 0 aromatic heterocycles. The van der Waals surface area contributed by atoms with Gasteiger partial charge in [-0.2, -0.15) is 5.26 Å². The fraction of sp³-hybridized carbons (Fsp3) is 0.571. The maximum Gasteiger partial charge on any atom is 0.243 e. The molecule has 28 heavy (non-hydrogen) atoms. The van der Waals surface area contributed by atoms with Crippen molar-refractivity contribution < 1.29 is 19.4 Å². The summed E-state index contributed by atoms with van der Waals surface area (Å²) in [6.45, 7) is 7.87. The topological polar surface area (TPSA) is 103 Å². The van der Waals surface area contributed by atoms with E-state index < -0.39 is 12.1 Å². The Hall–Kier alpha value is -2.59. The number of aliphatic hydroxyl groups is 1. The smallest absolute Gasteiger partial charge is 0.243 e. The molecule has 0 bridgehead atoms. The molecule has 1 saturated heterocycles. The number of methoxy groups -OCH3 is 1. The first-order valence-corrected chi connectivity index (χ1v) is 9.41. The molecular weight excluding hydrogens is 358 g/mol. The highest BCUT2D eigenvalue weighted by Crippen LogP contribution is 2.28. The molecule has 2 rings (SSSR count). The molecule has 1 aliphatic rings. The molecular formula is C21H29N3O4. The van der Waals surface area contributed by atoms with Gasteiger partial charge in [0.2, 0.25) is 11.8 Å². The Morgan fingerprint density at radius 2 is 2.11 bits per heavy atom. The van der Waals surface area contributed by atoms with Gasteiger partial charge in [-0.3, -0.25) is 9.59 Å². The molecule has 1 aliphatic heterocycles. The number of likely N-dealkylation sites (tertiary alicyclic amines) is 1. The van der Waals surface area contributed by atoms with Gasteiger partial charge in [-0.05, 0) is 24.5 Å². The Balaban J connectivity index is 2.14. The van der Waals surface area contributed by atoms with E-state index in [2.05, 4.69) is 11.4 Å². The summed E-state index contributed by atoms with van der Waals surface area (Å²) in [7, 11) is 1.51. The fourth-order valence-electron chi connectivity index (χ4n) is 3.42. The minimum atomic E-state index is -0.709. The number of hydrogen-bond acceptors (Lipinski definition) is 5. The van der Waals surface area contributed by atoms with E-state index in [1.165, 1.54) is 12.0 Å². The van der Waals surface area contributed by atoms with Gasteiger partial charge in [-0.15, -0.1) is 0 Å². The van der Waals surface area contributed by atoms with Crippen molar-refractivity contribution in [3.8, 4) is 11.8 Å². The summed E-state index contributed by atoms with van der Waals surface area (Å²) >= 11 is 0. The summed E-state index contributed by atoms with van der Waals surface area (Å²) in [6, 6.07) is 6.01. The molecule has 0 unspecified atom stereocenters. The van der Waals surface area contributed by atoms with Gasteiger partial charge in [0, 0.05) is 24.9 Å². The van der Waals surface area contributed by atoms with E-state index in [0.717, 1.165) is 5.56 Å². The Labute approximate surface area is 166 Å². The van der Waals surface area contributed by atoms with Crippen LogP contribution in [0.4, 0.5) is 0 Å². The Morgan fingerprint density at radius 3 is 2.68 bits per heavy atom. The number of carbonyl (C=O) groups is 2. The zero-order valence-corrected chi connectivity index (χ0v) is 17.2. The third-order valence-corrected chi connectivity index (χ3v) is 4.77. The monoisotopic (exact) mass is 387 g/mol. The van der Waals surface area contributed by atoms with Crippen LogP contribution < -0.4 is 10.1 Å². The van der Waals surface area contributed by atoms with Crippen LogP contribution >= 0.6 is 0 Å². The van der Waals surface area contributed by atoms with Gasteiger partial charge in [-0.1, -0.05) is 26.8 Å². The van der Waals surface area contributed by atoms with Crippen LogP contribution in [0.2, 0.25) is 0 Å². The lowest BCUT2D eigenvalue weighted by molar-refractivity contribution is -0.140. The summed E-state index contributed by atoms with van der Waals surface area (Å²) in [5, 5.41) is 22.0. The third-order valence-electron chi connectivity index (χ3n) is 4.77. The minimum absolute atomic E-state index is 0.132. The van der Waals surface area contributed by atoms with Crippen LogP contribution in [0.1, 0.15) is 57.7 Å². The number of hydrogen-bond donors (Lipinski definition) is 2. The van der Waals surface area contributed by atoms with Gasteiger partial charge in [0.05, 0.1) is 30.9 Å². The normalized spacial score (nSPS) is 20.4. The van der Waals surface area contributed by atoms with E-state index in [0.29, 0.717) is 17.7 Å². The van der Waals surface area contributed by atoms with Gasteiger partial charge in [0.25, 0.3) is 0 Å². The molecule has 2 amide bonds. The number of amides is 2. The molecule has 1 aromatic rings. The van der Waals surface area contributed by atoms with Gasteiger partial charge in [0.1, 0.15) is 11.8 Å². The lowest BCUT2D eigenvalue weighted by Gasteiger charge is -2.28. The zero-order valence-electron chi connectivity index (χ0n) is 17.2. The summed E-state index contributed by atoms with van der Waals surface area (Å²) in [5.74, 6) is 0.0736. The molecule has 1 aromatic carbocycles. The van der Waals surface area contributed by atoms with Crippen molar-refractivity contribution in [1.82, 2.24) is 10.2 Å². The number of nitriles is 1. The average molecular weight is 387 g/mol. The number of β-amino-alcohol motifs (C(OH)–C–C–N with tert-alkyl or cyclic N) is 1. The maximum atomic E-state index is 12.9. The highest BCUT2D eigenvalue weighted by molar-refractivity contribution is 5.89. The fourth-order valence-corrected chi connectivity index (χ4v) is 3.42. The van der Waals surface area contributed by atoms with E-state index in [1.807, 2.05) is 27.7 Å². The van der Waals surface area contributed by atoms with Crippen molar-refractivity contribution in [1.29, 1.82) is 5.26 Å². The van der Waals surface area contributed by atoms with E-state index >= 15 is 0 Å². The standard InChI is InChI=1S/C21H29N3O4/c1-13(16-7-6-14(11-22)8-18(16)28-5)23-20(27)17-9-15(25)12-24(17)19(26)10-21(2,3)4/h6-8,13,15,17,25H,9-10,12H2,1-5H3,(H,23,27)/t13-,15+,17+/m0/s1. The van der Waals surface area contributed by atoms with E-state index in [9.17, 15) is 14.7 Å². The summed E-state index contributed by atoms with van der Waals surface area (Å²) in [6.07, 6.45) is -0.180. The van der Waals surface area contributed by atoms with Crippen LogP contribution in [-0.4, -0.2) is 47.6 Å². The van der Waals surface area contributed by atoms with Crippen molar-refractivity contribution in [3.63, 3.8) is 0 Å². The second kappa shape index (κ2) is 8.61. The number of nitrogens with one attached hydrogen (secondary N) is 1. The molecule has 0 radical (unpaired) electrons. The summed E-state index contributed by atoms with van der Waals surface area (Å²) in [4.78, 5) is 27.0. The molecule has 152 valence electrons. The third kappa shape index (κ3) is 5.23. The number of rotatable bonds is 5. The Morgan fingerprint density at radius 1 is 1.43 bits per heavy atom. The van der Waals surface area contributed by atoms with Crippen LogP contribution in [0, 0.1) is 16.7 Å². The van der Waals surface area contributed by atoms with Gasteiger partial charge in [-0.25, -0.2) is 0 Å². The van der Waals surface area contributed by atoms with Crippen LogP contribution in [0.5, 0.6) is 5.75 Å². The highest BCUT2D eigenvalue weighted by atomic mass is 16.5. The predicted octanol–water partition coefficient (Wildman–Crippen LogP) is 2.14. The number of nitrogens with zero attached hydrogens (tertiary/aromatic N) is 2. The Bertz CT molecular complexity index is 779. The minimum Gasteiger partial charge on any atom is -0.496 e. The second-order valence-electron chi connectivity index (χ2n) is 8.49. The molecule has 3 atom stereocenters. The highest BCUT2D eigenvalue weighted by Gasteiger charge is 2.40. The quantitative estimate of drug-likeness (QED) is 0.806. The zero-order chi connectivity index (χ0) is 21.1. The Kier molecular flexibility index (Phi) is 6.68. The predicted molar refractivity (Wildman–Crippen MR) is 104 cm³/mol. The first-order chi connectivity index (χ1) is 13.1. The first kappa shape index (κ1) is 21.7. The molecule has 0 saturated carbocycles. The number of carbonyl (C=O) groups excluding carboxylic acids is 2. The number of ether oxygens (including phenoxy) is 1. The molecule has 1 fully saturated rings. The van der Waals surface area contributed by atoms with Crippen molar-refractivity contribution >= 4 is 11.8 Å². The molecule has 1 heterocycles. The van der Waals surface area contributed by atoms with Crippen LogP contribution in [0.15, 0.2) is 18.2 Å². The molecule has 0 spiro atoms. The molecule has 0 aliphatic carbocycles. The number of benzene rings is 1. The van der Waals surface area contributed by atoms with Crippen LogP contribution in [0.3, 0.4) is 0 Å². The van der Waals surface area contributed by atoms with Gasteiger partial charge in [0.15, 0.2) is 0 Å². The maximum absolute atomic E-state index is 12.9. The first-order valence-electron chi connectivity index (χ1n) is 9.41. The van der Waals surface area contributed by atoms with Crippen LogP contribution in [0.25, 0.3) is 0 Å². The van der Waals surface area contributed by atoms with Crippen molar-refractivity contribution in [3.05, 3.63) is 29.3 Å². The van der Waals surface area contributed by atoms with Gasteiger partial charge >= 0.3 is 0 Å². The molecule has 2 N–H and O–H groups in total. The molecule has 7 heteroatoms. The van der Waals surface area contributed by atoms with E-state index in [-0.39, 0.29) is 36.2 Å². The van der Waals surface area contributed by atoms with Gasteiger partial charge < -0.3 is 20.1 Å². The lowest BCUT2D eigenvalue weighted by Crippen LogP contribution is -2.47. The number of aliphatic hydroxyl groups excluding tert-OH is 1. The second-order valence-corrected chi connectivity index (χ2v) is 8.49. The summed E-state index contributed by atoms with van der Waals surface area (Å²) < 4.78 is 5.34. The van der Waals surface area contributed by atoms with Crippen LogP contribution in [-0.2, 0) is 9.59 Å². The van der Waals surface area contributed by atoms with Crippen molar-refractivity contribution in [2.75, 3.05) is 13.7 Å². The van der Waals surface area contributed by atoms with E-state index in [4.69, 9.17) is 10.00 Å². The largest absolute Gasteiger partial charge is 0.496 e. The SMILES string of the molecule is COc1cc(C#N)ccc1[C@H](C)NC(=O)[C@H]1C[C@@H](O)CN1C(=O)CC(C)(C)C. The van der Waals surface area contributed by atoms with Crippen molar-refractivity contribution in [2.24, 2.45) is 5.41 Å². The van der Waals surface area contributed by atoms with Crippen molar-refractivity contribution in [2.45, 2.75) is 58.7 Å². The lowest BCUT2D eigenvalue weighted by atomic mass is 9.91.